The first-order valence-electron chi connectivity index (χ1n) is 5.67. The number of hydrogen-bond acceptors (Lipinski definition) is 3. The average Bonchev–Trinajstić information content (AvgIpc) is 2.69. The van der Waals surface area contributed by atoms with Gasteiger partial charge in [-0.2, -0.15) is 0 Å². The first-order chi connectivity index (χ1) is 8.06. The van der Waals surface area contributed by atoms with Crippen LogP contribution in [0, 0.1) is 6.92 Å². The average molecular weight is 235 g/mol. The van der Waals surface area contributed by atoms with Gasteiger partial charge >= 0.3 is 6.09 Å². The van der Waals surface area contributed by atoms with Crippen molar-refractivity contribution in [2.45, 2.75) is 19.4 Å². The second kappa shape index (κ2) is 4.53. The van der Waals surface area contributed by atoms with Crippen LogP contribution in [-0.4, -0.2) is 30.3 Å². The smallest absolute Gasteiger partial charge is 0.404 e. The molecule has 92 valence electrons. The molecule has 1 aliphatic rings. The van der Waals surface area contributed by atoms with Crippen molar-refractivity contribution in [3.8, 4) is 0 Å². The van der Waals surface area contributed by atoms with E-state index < -0.39 is 6.09 Å². The number of nitrogen functional groups attached to an aromatic ring is 1. The molecule has 0 bridgehead atoms. The lowest BCUT2D eigenvalue weighted by Crippen LogP contribution is -2.36. The zero-order valence-electron chi connectivity index (χ0n) is 9.81. The number of nitrogens with two attached hydrogens (primary N) is 1. The fourth-order valence-electron chi connectivity index (χ4n) is 2.11. The summed E-state index contributed by atoms with van der Waals surface area (Å²) >= 11 is 0. The summed E-state index contributed by atoms with van der Waals surface area (Å²) in [5, 5.41) is 11.2. The molecule has 0 aliphatic carbocycles. The molecule has 2 rings (SSSR count). The maximum atomic E-state index is 10.5. The highest BCUT2D eigenvalue weighted by atomic mass is 16.4. The Bertz CT molecular complexity index is 434. The number of amides is 1. The third kappa shape index (κ3) is 2.61. The Labute approximate surface area is 100 Å². The highest BCUT2D eigenvalue weighted by Crippen LogP contribution is 2.24. The molecule has 4 N–H and O–H groups in total. The molecule has 1 aromatic rings. The number of carbonyl (C=O) groups is 1. The number of anilines is 2. The van der Waals surface area contributed by atoms with Gasteiger partial charge in [0.15, 0.2) is 0 Å². The lowest BCUT2D eigenvalue weighted by molar-refractivity contribution is 0.191. The molecule has 1 aromatic carbocycles. The molecule has 1 fully saturated rings. The minimum atomic E-state index is -0.958. The molecule has 1 unspecified atom stereocenters. The highest BCUT2D eigenvalue weighted by molar-refractivity contribution is 5.65. The normalized spacial score (nSPS) is 19.4. The number of rotatable bonds is 2. The largest absolute Gasteiger partial charge is 0.465 e. The summed E-state index contributed by atoms with van der Waals surface area (Å²) in [5.41, 5.74) is 8.76. The molecular weight excluding hydrogens is 218 g/mol. The predicted octanol–water partition coefficient (Wildman–Crippen LogP) is 1.42. The van der Waals surface area contributed by atoms with Gasteiger partial charge in [0.2, 0.25) is 0 Å². The van der Waals surface area contributed by atoms with E-state index in [1.807, 2.05) is 25.1 Å². The van der Waals surface area contributed by atoms with E-state index in [0.29, 0.717) is 6.54 Å². The van der Waals surface area contributed by atoms with Crippen LogP contribution in [0.5, 0.6) is 0 Å². The summed E-state index contributed by atoms with van der Waals surface area (Å²) in [4.78, 5) is 12.7. The quantitative estimate of drug-likeness (QED) is 0.677. The van der Waals surface area contributed by atoms with E-state index in [1.54, 1.807) is 0 Å². The van der Waals surface area contributed by atoms with Crippen LogP contribution in [0.15, 0.2) is 18.2 Å². The van der Waals surface area contributed by atoms with Crippen molar-refractivity contribution in [2.24, 2.45) is 0 Å². The fraction of sp³-hybridized carbons (Fsp3) is 0.417. The summed E-state index contributed by atoms with van der Waals surface area (Å²) in [5.74, 6) is 0. The molecular formula is C12H17N3O2. The van der Waals surface area contributed by atoms with Crippen LogP contribution in [0.3, 0.4) is 0 Å². The molecule has 1 aliphatic heterocycles. The summed E-state index contributed by atoms with van der Waals surface area (Å²) in [7, 11) is 0. The molecule has 0 saturated carbocycles. The van der Waals surface area contributed by atoms with Crippen LogP contribution in [0.4, 0.5) is 16.2 Å². The Balaban J connectivity index is 2.04. The lowest BCUT2D eigenvalue weighted by atomic mass is 10.2. The minimum Gasteiger partial charge on any atom is -0.465 e. The van der Waals surface area contributed by atoms with Gasteiger partial charge in [-0.3, -0.25) is 0 Å². The van der Waals surface area contributed by atoms with Gasteiger partial charge in [0.05, 0.1) is 6.04 Å². The highest BCUT2D eigenvalue weighted by Gasteiger charge is 2.23. The Hall–Kier alpha value is -1.91. The van der Waals surface area contributed by atoms with E-state index in [9.17, 15) is 4.79 Å². The van der Waals surface area contributed by atoms with Gasteiger partial charge in [-0.05, 0) is 31.0 Å². The van der Waals surface area contributed by atoms with Crippen molar-refractivity contribution in [1.29, 1.82) is 0 Å². The van der Waals surface area contributed by atoms with Gasteiger partial charge in [0, 0.05) is 24.5 Å². The van der Waals surface area contributed by atoms with Crippen molar-refractivity contribution < 1.29 is 9.90 Å². The van der Waals surface area contributed by atoms with Crippen molar-refractivity contribution in [3.63, 3.8) is 0 Å². The Morgan fingerprint density at radius 3 is 3.00 bits per heavy atom. The number of benzene rings is 1. The zero-order chi connectivity index (χ0) is 12.4. The molecule has 0 spiro atoms. The van der Waals surface area contributed by atoms with Crippen molar-refractivity contribution in [2.75, 3.05) is 23.7 Å². The summed E-state index contributed by atoms with van der Waals surface area (Å²) in [6, 6.07) is 5.96. The molecule has 5 heteroatoms. The lowest BCUT2D eigenvalue weighted by Gasteiger charge is -2.19. The minimum absolute atomic E-state index is 0.00928. The van der Waals surface area contributed by atoms with Gasteiger partial charge < -0.3 is 21.1 Å². The zero-order valence-corrected chi connectivity index (χ0v) is 9.81. The van der Waals surface area contributed by atoms with E-state index in [1.165, 1.54) is 0 Å². The van der Waals surface area contributed by atoms with E-state index >= 15 is 0 Å². The van der Waals surface area contributed by atoms with Crippen molar-refractivity contribution in [3.05, 3.63) is 23.8 Å². The van der Waals surface area contributed by atoms with Gasteiger partial charge in [0.25, 0.3) is 0 Å². The monoisotopic (exact) mass is 235 g/mol. The molecule has 1 heterocycles. The van der Waals surface area contributed by atoms with Gasteiger partial charge in [-0.25, -0.2) is 4.79 Å². The number of nitrogens with one attached hydrogen (secondary N) is 1. The van der Waals surface area contributed by atoms with Crippen LogP contribution < -0.4 is 16.0 Å². The Kier molecular flexibility index (Phi) is 3.08. The molecule has 1 atom stereocenters. The standard InChI is InChI=1S/C12H17N3O2/c1-8-2-3-10(6-11(8)13)15-5-4-9(7-15)14-12(16)17/h2-3,6,9,14H,4-5,7,13H2,1H3,(H,16,17). The SMILES string of the molecule is Cc1ccc(N2CCC(NC(=O)O)C2)cc1N. The number of aryl methyl sites for hydroxylation is 1. The molecule has 1 amide bonds. The second-order valence-electron chi connectivity index (χ2n) is 4.42. The van der Waals surface area contributed by atoms with Gasteiger partial charge in [-0.1, -0.05) is 6.07 Å². The Morgan fingerprint density at radius 1 is 1.59 bits per heavy atom. The number of hydrogen-bond donors (Lipinski definition) is 3. The second-order valence-corrected chi connectivity index (χ2v) is 4.42. The van der Waals surface area contributed by atoms with Crippen LogP contribution in [-0.2, 0) is 0 Å². The van der Waals surface area contributed by atoms with E-state index in [4.69, 9.17) is 10.8 Å². The van der Waals surface area contributed by atoms with Crippen LogP contribution in [0.2, 0.25) is 0 Å². The van der Waals surface area contributed by atoms with Crippen LogP contribution in [0.25, 0.3) is 0 Å². The van der Waals surface area contributed by atoms with Gasteiger partial charge in [-0.15, -0.1) is 0 Å². The topological polar surface area (TPSA) is 78.6 Å². The van der Waals surface area contributed by atoms with Crippen LogP contribution in [0.1, 0.15) is 12.0 Å². The number of carboxylic acid groups (broad SMARTS) is 1. The van der Waals surface area contributed by atoms with Crippen molar-refractivity contribution in [1.82, 2.24) is 5.32 Å². The molecule has 0 aromatic heterocycles. The third-order valence-electron chi connectivity index (χ3n) is 3.14. The Morgan fingerprint density at radius 2 is 2.35 bits per heavy atom. The van der Waals surface area contributed by atoms with Crippen LogP contribution >= 0.6 is 0 Å². The third-order valence-corrected chi connectivity index (χ3v) is 3.14. The molecule has 0 radical (unpaired) electrons. The summed E-state index contributed by atoms with van der Waals surface area (Å²) in [6.07, 6.45) is -0.125. The maximum Gasteiger partial charge on any atom is 0.404 e. The van der Waals surface area contributed by atoms with E-state index in [2.05, 4.69) is 10.2 Å². The summed E-state index contributed by atoms with van der Waals surface area (Å²) < 4.78 is 0. The predicted molar refractivity (Wildman–Crippen MR) is 67.4 cm³/mol. The van der Waals surface area contributed by atoms with Gasteiger partial charge in [0.1, 0.15) is 0 Å². The van der Waals surface area contributed by atoms with E-state index in [-0.39, 0.29) is 6.04 Å². The maximum absolute atomic E-state index is 10.5. The van der Waals surface area contributed by atoms with E-state index in [0.717, 1.165) is 29.9 Å². The van der Waals surface area contributed by atoms with Crippen molar-refractivity contribution >= 4 is 17.5 Å². The summed E-state index contributed by atoms with van der Waals surface area (Å²) in [6.45, 7) is 3.53. The molecule has 17 heavy (non-hydrogen) atoms. The number of nitrogens with zero attached hydrogens (tertiary/aromatic N) is 1. The molecule has 5 nitrogen and oxygen atoms in total. The first-order valence-corrected chi connectivity index (χ1v) is 5.67. The first kappa shape index (κ1) is 11.6. The molecule has 1 saturated heterocycles. The fourth-order valence-corrected chi connectivity index (χ4v) is 2.11.